The van der Waals surface area contributed by atoms with Crippen molar-refractivity contribution >= 4 is 19.7 Å². The molecule has 0 aromatic heterocycles. The first-order valence-electron chi connectivity index (χ1n) is 28.7. The second-order valence-electron chi connectivity index (χ2n) is 20.4. The molecule has 0 spiro atoms. The number of phosphoric acid groups is 1. The van der Waals surface area contributed by atoms with E-state index in [2.05, 4.69) is 86.8 Å². The zero-order valence-electron chi connectivity index (χ0n) is 46.2. The van der Waals surface area contributed by atoms with Crippen LogP contribution in [0.1, 0.15) is 245 Å². The molecule has 10 heteroatoms. The number of carbonyl (C=O) groups is 2. The first kappa shape index (κ1) is 67.5. The molecule has 0 aromatic rings. The summed E-state index contributed by atoms with van der Waals surface area (Å²) in [6.07, 6.45) is 62.9. The van der Waals surface area contributed by atoms with Crippen molar-refractivity contribution in [3.05, 3.63) is 72.9 Å². The van der Waals surface area contributed by atoms with Crippen LogP contribution in [0.25, 0.3) is 0 Å². The van der Waals surface area contributed by atoms with Gasteiger partial charge in [0.15, 0.2) is 0 Å². The van der Waals surface area contributed by atoms with E-state index >= 15 is 0 Å². The first-order chi connectivity index (χ1) is 33.9. The van der Waals surface area contributed by atoms with Crippen LogP contribution in [-0.4, -0.2) is 69.4 Å². The van der Waals surface area contributed by atoms with E-state index in [0.29, 0.717) is 23.9 Å². The molecule has 0 saturated heterocycles. The summed E-state index contributed by atoms with van der Waals surface area (Å²) in [4.78, 5) is 39.8. The van der Waals surface area contributed by atoms with Gasteiger partial charge in [-0.1, -0.05) is 229 Å². The number of nitrogens with zero attached hydrogens (tertiary/aromatic N) is 1. The molecule has 0 radical (unpaired) electrons. The van der Waals surface area contributed by atoms with Gasteiger partial charge >= 0.3 is 5.97 Å². The van der Waals surface area contributed by atoms with Gasteiger partial charge in [0.25, 0.3) is 7.82 Å². The van der Waals surface area contributed by atoms with E-state index in [1.807, 2.05) is 33.3 Å². The number of hydrogen-bond acceptors (Lipinski definition) is 7. The van der Waals surface area contributed by atoms with Crippen LogP contribution in [0.3, 0.4) is 0 Å². The Hall–Kier alpha value is -2.55. The summed E-state index contributed by atoms with van der Waals surface area (Å²) in [5, 5.41) is 3.01. The van der Waals surface area contributed by atoms with Crippen LogP contribution in [0.5, 0.6) is 0 Å². The number of phosphoric ester groups is 1. The third-order valence-corrected chi connectivity index (χ3v) is 13.4. The molecule has 406 valence electrons. The van der Waals surface area contributed by atoms with E-state index in [1.54, 1.807) is 0 Å². The van der Waals surface area contributed by atoms with Crippen LogP contribution < -0.4 is 10.2 Å². The van der Waals surface area contributed by atoms with E-state index in [0.717, 1.165) is 103 Å². The van der Waals surface area contributed by atoms with Gasteiger partial charge in [-0.25, -0.2) is 0 Å². The van der Waals surface area contributed by atoms with Crippen LogP contribution >= 0.6 is 7.82 Å². The maximum absolute atomic E-state index is 13.4. The van der Waals surface area contributed by atoms with Crippen molar-refractivity contribution in [1.82, 2.24) is 5.32 Å². The fraction of sp³-hybridized carbons (Fsp3) is 0.767. The molecular formula is C60H109N2O7P. The summed E-state index contributed by atoms with van der Waals surface area (Å²) in [6, 6.07) is -0.895. The molecule has 3 unspecified atom stereocenters. The first-order valence-corrected chi connectivity index (χ1v) is 30.2. The standard InChI is InChI=1S/C60H109N2O7P/c1-7-10-13-16-19-22-25-27-28-29-30-31-32-33-34-35-38-41-44-47-50-53-60(64)69-58(51-48-45-42-39-37-26-23-20-17-14-11-8-2)57(56-68-70(65,66)67-55-54-62(4,5)6)61-59(63)52-49-46-43-40-36-24-21-18-15-12-9-3/h10,13,19,22,27-28,30-31,33-34,48,51,57-58H,7-9,11-12,14-18,20-21,23-26,29,32,35-47,49-50,52-56H2,1-6H3,(H-,61,63,65,66)/b13-10-,22-19-,28-27-,31-30-,34-33-,51-48+. The van der Waals surface area contributed by atoms with E-state index in [9.17, 15) is 19.0 Å². The molecule has 0 aliphatic rings. The van der Waals surface area contributed by atoms with Crippen molar-refractivity contribution in [1.29, 1.82) is 0 Å². The molecule has 0 aromatic carbocycles. The lowest BCUT2D eigenvalue weighted by Gasteiger charge is -2.30. The van der Waals surface area contributed by atoms with Crippen LogP contribution in [0.15, 0.2) is 72.9 Å². The van der Waals surface area contributed by atoms with Crippen molar-refractivity contribution in [3.63, 3.8) is 0 Å². The van der Waals surface area contributed by atoms with Gasteiger partial charge in [-0.3, -0.25) is 14.2 Å². The highest BCUT2D eigenvalue weighted by Crippen LogP contribution is 2.38. The fourth-order valence-corrected chi connectivity index (χ4v) is 8.68. The molecule has 0 saturated carbocycles. The molecule has 0 bridgehead atoms. The minimum atomic E-state index is -4.70. The Balaban J connectivity index is 5.31. The summed E-state index contributed by atoms with van der Waals surface area (Å²) < 4.78 is 30.2. The van der Waals surface area contributed by atoms with Crippen molar-refractivity contribution in [2.45, 2.75) is 258 Å². The van der Waals surface area contributed by atoms with Gasteiger partial charge in [0.05, 0.1) is 33.8 Å². The highest BCUT2D eigenvalue weighted by molar-refractivity contribution is 7.45. The molecule has 70 heavy (non-hydrogen) atoms. The van der Waals surface area contributed by atoms with Gasteiger partial charge in [0.1, 0.15) is 19.3 Å². The second kappa shape index (κ2) is 50.0. The molecule has 0 aliphatic heterocycles. The van der Waals surface area contributed by atoms with E-state index < -0.39 is 26.6 Å². The van der Waals surface area contributed by atoms with Gasteiger partial charge in [0, 0.05) is 12.8 Å². The predicted octanol–water partition coefficient (Wildman–Crippen LogP) is 16.6. The number of unbranched alkanes of at least 4 members (excludes halogenated alkanes) is 25. The number of likely N-dealkylation sites (N-methyl/N-ethyl adjacent to an activating group) is 1. The number of carbonyl (C=O) groups excluding carboxylic acids is 2. The summed E-state index contributed by atoms with van der Waals surface area (Å²) in [5.41, 5.74) is 0. The number of ether oxygens (including phenoxy) is 1. The van der Waals surface area contributed by atoms with Gasteiger partial charge in [-0.2, -0.15) is 0 Å². The highest BCUT2D eigenvalue weighted by atomic mass is 31.2. The lowest BCUT2D eigenvalue weighted by Crippen LogP contribution is -2.47. The van der Waals surface area contributed by atoms with Crippen LogP contribution in [-0.2, 0) is 27.9 Å². The maximum atomic E-state index is 13.4. The summed E-state index contributed by atoms with van der Waals surface area (Å²) in [7, 11) is 1.17. The molecule has 0 rings (SSSR count). The quantitative estimate of drug-likeness (QED) is 0.0212. The van der Waals surface area contributed by atoms with Crippen molar-refractivity contribution in [2.75, 3.05) is 40.9 Å². The van der Waals surface area contributed by atoms with Gasteiger partial charge in [-0.15, -0.1) is 0 Å². The van der Waals surface area contributed by atoms with Gasteiger partial charge < -0.3 is 28.5 Å². The van der Waals surface area contributed by atoms with Crippen molar-refractivity contribution in [3.8, 4) is 0 Å². The lowest BCUT2D eigenvalue weighted by molar-refractivity contribution is -0.870. The minimum Gasteiger partial charge on any atom is -0.756 e. The number of allylic oxidation sites excluding steroid dienone is 11. The van der Waals surface area contributed by atoms with E-state index in [-0.39, 0.29) is 24.9 Å². The number of esters is 1. The largest absolute Gasteiger partial charge is 0.756 e. The number of nitrogens with one attached hydrogen (secondary N) is 1. The van der Waals surface area contributed by atoms with Crippen LogP contribution in [0.2, 0.25) is 0 Å². The topological polar surface area (TPSA) is 114 Å². The Morgan fingerprint density at radius 2 is 0.914 bits per heavy atom. The molecule has 1 amide bonds. The molecule has 0 heterocycles. The number of hydrogen-bond donors (Lipinski definition) is 1. The van der Waals surface area contributed by atoms with Gasteiger partial charge in [-0.05, 0) is 76.7 Å². The molecule has 9 nitrogen and oxygen atoms in total. The van der Waals surface area contributed by atoms with Crippen molar-refractivity contribution < 1.29 is 37.3 Å². The second-order valence-corrected chi connectivity index (χ2v) is 21.8. The maximum Gasteiger partial charge on any atom is 0.306 e. The lowest BCUT2D eigenvalue weighted by atomic mass is 10.0. The molecule has 3 atom stereocenters. The van der Waals surface area contributed by atoms with Crippen LogP contribution in [0, 0.1) is 0 Å². The summed E-state index contributed by atoms with van der Waals surface area (Å²) in [5.74, 6) is -0.564. The summed E-state index contributed by atoms with van der Waals surface area (Å²) >= 11 is 0. The van der Waals surface area contributed by atoms with E-state index in [4.69, 9.17) is 13.8 Å². The Morgan fingerprint density at radius 1 is 0.514 bits per heavy atom. The Labute approximate surface area is 432 Å². The Kier molecular flexibility index (Phi) is 48.2. The number of amides is 1. The third kappa shape index (κ3) is 50.4. The molecule has 1 N–H and O–H groups in total. The van der Waals surface area contributed by atoms with E-state index in [1.165, 1.54) is 103 Å². The molecule has 0 aliphatic carbocycles. The fourth-order valence-electron chi connectivity index (χ4n) is 7.96. The zero-order valence-corrected chi connectivity index (χ0v) is 47.1. The number of quaternary nitrogens is 1. The monoisotopic (exact) mass is 1000 g/mol. The molecular weight excluding hydrogens is 892 g/mol. The normalized spacial score (nSPS) is 14.3. The smallest absolute Gasteiger partial charge is 0.306 e. The summed E-state index contributed by atoms with van der Waals surface area (Å²) in [6.45, 7) is 6.70. The average molecular weight is 1000 g/mol. The SMILES string of the molecule is CC/C=C\C/C=C\C/C=C\C/C=C\C/C=C\CCCCCCCC(=O)OC(/C=C/CCCCCCCCCCCC)C(COP(=O)([O-])OCC[N+](C)(C)C)NC(=O)CCCCCCCCCCCCC. The van der Waals surface area contributed by atoms with Gasteiger partial charge in [0.2, 0.25) is 5.91 Å². The predicted molar refractivity (Wildman–Crippen MR) is 298 cm³/mol. The number of rotatable bonds is 51. The average Bonchev–Trinajstić information content (AvgIpc) is 3.32. The minimum absolute atomic E-state index is 0.0271. The Bertz CT molecular complexity index is 1430. The van der Waals surface area contributed by atoms with Crippen LogP contribution in [0.4, 0.5) is 0 Å². The highest BCUT2D eigenvalue weighted by Gasteiger charge is 2.27. The zero-order chi connectivity index (χ0) is 51.5. The molecule has 0 fully saturated rings. The van der Waals surface area contributed by atoms with Crippen molar-refractivity contribution in [2.24, 2.45) is 0 Å². The Morgan fingerprint density at radius 3 is 1.37 bits per heavy atom. The third-order valence-electron chi connectivity index (χ3n) is 12.4.